The Labute approximate surface area is 74.4 Å². The van der Waals surface area contributed by atoms with Crippen LogP contribution in [-0.4, -0.2) is 35.6 Å². The summed E-state index contributed by atoms with van der Waals surface area (Å²) in [4.78, 5) is 12.8. The van der Waals surface area contributed by atoms with Crippen molar-refractivity contribution in [3.05, 3.63) is 0 Å². The third kappa shape index (κ3) is 3.72. The van der Waals surface area contributed by atoms with E-state index in [9.17, 15) is 4.79 Å². The maximum absolute atomic E-state index is 11.0. The van der Waals surface area contributed by atoms with Crippen LogP contribution >= 0.6 is 0 Å². The molecule has 1 N–H and O–H groups in total. The molecule has 0 aromatic rings. The molecule has 0 radical (unpaired) electrons. The van der Waals surface area contributed by atoms with E-state index >= 15 is 0 Å². The second-order valence-electron chi connectivity index (χ2n) is 2.56. The molecule has 3 nitrogen and oxygen atoms in total. The van der Waals surface area contributed by atoms with Gasteiger partial charge in [-0.05, 0) is 12.8 Å². The highest BCUT2D eigenvalue weighted by molar-refractivity contribution is 5.76. The molecule has 0 aromatic carbocycles. The summed E-state index contributed by atoms with van der Waals surface area (Å²) in [6.07, 6.45) is 2.54. The van der Waals surface area contributed by atoms with Gasteiger partial charge in [0.05, 0.1) is 6.61 Å². The number of aliphatic hydroxyl groups is 1. The van der Waals surface area contributed by atoms with E-state index < -0.39 is 0 Å². The molecule has 1 aliphatic heterocycles. The molecule has 1 rings (SSSR count). The van der Waals surface area contributed by atoms with E-state index in [0.29, 0.717) is 6.42 Å². The molecule has 0 atom stereocenters. The Balaban J connectivity index is 0.000000561. The van der Waals surface area contributed by atoms with Crippen molar-refractivity contribution >= 4 is 5.91 Å². The monoisotopic (exact) mass is 173 g/mol. The van der Waals surface area contributed by atoms with E-state index in [1.54, 1.807) is 0 Å². The highest BCUT2D eigenvalue weighted by atomic mass is 16.3. The molecule has 1 amide bonds. The van der Waals surface area contributed by atoms with Crippen LogP contribution in [0.25, 0.3) is 0 Å². The van der Waals surface area contributed by atoms with E-state index in [4.69, 9.17) is 5.11 Å². The van der Waals surface area contributed by atoms with Crippen molar-refractivity contribution in [2.24, 2.45) is 0 Å². The zero-order chi connectivity index (χ0) is 9.40. The zero-order valence-electron chi connectivity index (χ0n) is 8.05. The van der Waals surface area contributed by atoms with Gasteiger partial charge in [-0.1, -0.05) is 13.8 Å². The van der Waals surface area contributed by atoms with Crippen molar-refractivity contribution in [1.82, 2.24) is 4.90 Å². The van der Waals surface area contributed by atoms with E-state index in [1.807, 2.05) is 18.7 Å². The number of amides is 1. The second-order valence-corrected chi connectivity index (χ2v) is 2.56. The minimum Gasteiger partial charge on any atom is -0.396 e. The summed E-state index contributed by atoms with van der Waals surface area (Å²) in [6, 6.07) is 0. The van der Waals surface area contributed by atoms with Gasteiger partial charge in [0.15, 0.2) is 0 Å². The highest BCUT2D eigenvalue weighted by Gasteiger charge is 2.16. The minimum atomic E-state index is -0.0185. The fourth-order valence-corrected chi connectivity index (χ4v) is 1.22. The van der Waals surface area contributed by atoms with Crippen LogP contribution in [0.3, 0.4) is 0 Å². The van der Waals surface area contributed by atoms with E-state index in [2.05, 4.69) is 0 Å². The van der Waals surface area contributed by atoms with Gasteiger partial charge in [-0.3, -0.25) is 4.79 Å². The normalized spacial score (nSPS) is 15.4. The molecule has 12 heavy (non-hydrogen) atoms. The van der Waals surface area contributed by atoms with Crippen LogP contribution in [0.5, 0.6) is 0 Å². The average Bonchev–Trinajstić information content (AvgIpc) is 2.60. The molecular formula is C9H19NO2. The molecule has 0 spiro atoms. The Kier molecular flexibility index (Phi) is 6.76. The van der Waals surface area contributed by atoms with Crippen molar-refractivity contribution in [2.45, 2.75) is 33.1 Å². The summed E-state index contributed by atoms with van der Waals surface area (Å²) in [6.45, 7) is 5.76. The van der Waals surface area contributed by atoms with Crippen LogP contribution in [0.2, 0.25) is 0 Å². The molecule has 0 aromatic heterocycles. The van der Waals surface area contributed by atoms with Gasteiger partial charge in [0, 0.05) is 19.5 Å². The lowest BCUT2D eigenvalue weighted by atomic mass is 10.4. The lowest BCUT2D eigenvalue weighted by Crippen LogP contribution is -2.27. The van der Waals surface area contributed by atoms with Gasteiger partial charge in [0.25, 0.3) is 0 Å². The van der Waals surface area contributed by atoms with E-state index in [-0.39, 0.29) is 12.5 Å². The lowest BCUT2D eigenvalue weighted by Gasteiger charge is -2.13. The fourth-order valence-electron chi connectivity index (χ4n) is 1.22. The summed E-state index contributed by atoms with van der Waals surface area (Å²) in [5, 5.41) is 8.45. The molecule has 3 heteroatoms. The summed E-state index contributed by atoms with van der Waals surface area (Å²) in [7, 11) is 0. The molecule has 0 aliphatic carbocycles. The Morgan fingerprint density at radius 2 is 1.83 bits per heavy atom. The average molecular weight is 173 g/mol. The quantitative estimate of drug-likeness (QED) is 0.677. The molecule has 1 saturated heterocycles. The van der Waals surface area contributed by atoms with Gasteiger partial charge in [-0.2, -0.15) is 0 Å². The van der Waals surface area contributed by atoms with Crippen LogP contribution in [-0.2, 0) is 4.79 Å². The van der Waals surface area contributed by atoms with Gasteiger partial charge in [0.2, 0.25) is 5.91 Å². The molecule has 1 heterocycles. The number of rotatable bonds is 2. The number of hydrogen-bond donors (Lipinski definition) is 1. The molecule has 0 saturated carbocycles. The van der Waals surface area contributed by atoms with E-state index in [0.717, 1.165) is 25.9 Å². The van der Waals surface area contributed by atoms with Gasteiger partial charge in [-0.25, -0.2) is 0 Å². The zero-order valence-corrected chi connectivity index (χ0v) is 8.05. The summed E-state index contributed by atoms with van der Waals surface area (Å²) in [5.74, 6) is 0.0972. The SMILES string of the molecule is CC.O=C(CCO)N1CCCC1. The molecule has 0 bridgehead atoms. The van der Waals surface area contributed by atoms with Crippen LogP contribution in [0.4, 0.5) is 0 Å². The summed E-state index contributed by atoms with van der Waals surface area (Å²) in [5.41, 5.74) is 0. The van der Waals surface area contributed by atoms with Crippen molar-refractivity contribution in [3.63, 3.8) is 0 Å². The van der Waals surface area contributed by atoms with Gasteiger partial charge in [0.1, 0.15) is 0 Å². The number of carbonyl (C=O) groups is 1. The van der Waals surface area contributed by atoms with Crippen molar-refractivity contribution in [2.75, 3.05) is 19.7 Å². The number of aliphatic hydroxyl groups excluding tert-OH is 1. The minimum absolute atomic E-state index is 0.0185. The first-order valence-corrected chi connectivity index (χ1v) is 4.73. The van der Waals surface area contributed by atoms with Crippen LogP contribution in [0.15, 0.2) is 0 Å². The Bertz CT molecular complexity index is 120. The number of carbonyl (C=O) groups excluding carboxylic acids is 1. The Hall–Kier alpha value is -0.570. The van der Waals surface area contributed by atoms with Crippen LogP contribution < -0.4 is 0 Å². The first kappa shape index (κ1) is 11.4. The molecular weight excluding hydrogens is 154 g/mol. The lowest BCUT2D eigenvalue weighted by molar-refractivity contribution is -0.130. The number of likely N-dealkylation sites (tertiary alicyclic amines) is 1. The van der Waals surface area contributed by atoms with E-state index in [1.165, 1.54) is 0 Å². The predicted octanol–water partition coefficient (Wildman–Crippen LogP) is 1.02. The topological polar surface area (TPSA) is 40.5 Å². The number of hydrogen-bond acceptors (Lipinski definition) is 2. The molecule has 72 valence electrons. The molecule has 1 aliphatic rings. The standard InChI is InChI=1S/C7H13NO2.C2H6/c9-6-3-7(10)8-4-1-2-5-8;1-2/h9H,1-6H2;1-2H3. The molecule has 1 fully saturated rings. The maximum atomic E-state index is 11.0. The summed E-state index contributed by atoms with van der Waals surface area (Å²) < 4.78 is 0. The smallest absolute Gasteiger partial charge is 0.224 e. The Morgan fingerprint density at radius 3 is 2.25 bits per heavy atom. The highest BCUT2D eigenvalue weighted by Crippen LogP contribution is 2.08. The predicted molar refractivity (Wildman–Crippen MR) is 48.9 cm³/mol. The third-order valence-corrected chi connectivity index (χ3v) is 1.78. The van der Waals surface area contributed by atoms with Gasteiger partial charge < -0.3 is 10.0 Å². The summed E-state index contributed by atoms with van der Waals surface area (Å²) >= 11 is 0. The Morgan fingerprint density at radius 1 is 1.33 bits per heavy atom. The van der Waals surface area contributed by atoms with Crippen molar-refractivity contribution in [3.8, 4) is 0 Å². The maximum Gasteiger partial charge on any atom is 0.224 e. The number of nitrogens with zero attached hydrogens (tertiary/aromatic N) is 1. The second kappa shape index (κ2) is 7.10. The largest absolute Gasteiger partial charge is 0.396 e. The fraction of sp³-hybridized carbons (Fsp3) is 0.889. The van der Waals surface area contributed by atoms with Crippen LogP contribution in [0.1, 0.15) is 33.1 Å². The first-order valence-electron chi connectivity index (χ1n) is 4.73. The van der Waals surface area contributed by atoms with Crippen molar-refractivity contribution in [1.29, 1.82) is 0 Å². The van der Waals surface area contributed by atoms with Crippen LogP contribution in [0, 0.1) is 0 Å². The van der Waals surface area contributed by atoms with Gasteiger partial charge >= 0.3 is 0 Å². The molecule has 0 unspecified atom stereocenters. The van der Waals surface area contributed by atoms with Crippen molar-refractivity contribution < 1.29 is 9.90 Å². The third-order valence-electron chi connectivity index (χ3n) is 1.78. The first-order chi connectivity index (χ1) is 5.84. The van der Waals surface area contributed by atoms with Gasteiger partial charge in [-0.15, -0.1) is 0 Å².